The van der Waals surface area contributed by atoms with Crippen LogP contribution in [-0.2, 0) is 22.6 Å². The van der Waals surface area contributed by atoms with Crippen LogP contribution in [0.15, 0.2) is 36.5 Å². The van der Waals surface area contributed by atoms with Gasteiger partial charge in [0.15, 0.2) is 11.6 Å². The Kier molecular flexibility index (Phi) is 10.4. The van der Waals surface area contributed by atoms with Gasteiger partial charge in [-0.05, 0) is 41.2 Å². The van der Waals surface area contributed by atoms with Crippen LogP contribution < -0.4 is 16.4 Å². The molecule has 1 heterocycles. The van der Waals surface area contributed by atoms with Crippen molar-refractivity contribution in [2.45, 2.75) is 46.7 Å². The summed E-state index contributed by atoms with van der Waals surface area (Å²) in [5.74, 6) is -1.60. The molecule has 0 spiro atoms. The lowest BCUT2D eigenvalue weighted by molar-refractivity contribution is -0.129. The van der Waals surface area contributed by atoms with Crippen molar-refractivity contribution >= 4 is 17.6 Å². The third kappa shape index (κ3) is 9.43. The van der Waals surface area contributed by atoms with E-state index in [2.05, 4.69) is 48.2 Å². The van der Waals surface area contributed by atoms with E-state index in [1.165, 1.54) is 6.07 Å². The van der Waals surface area contributed by atoms with E-state index in [9.17, 15) is 18.4 Å². The summed E-state index contributed by atoms with van der Waals surface area (Å²) in [6.07, 6.45) is 1.57. The van der Waals surface area contributed by atoms with Crippen LogP contribution in [0.3, 0.4) is 0 Å². The van der Waals surface area contributed by atoms with Crippen molar-refractivity contribution < 1.29 is 18.4 Å². The quantitative estimate of drug-likeness (QED) is 0.438. The molecule has 1 aromatic carbocycles. The minimum atomic E-state index is -1.00. The van der Waals surface area contributed by atoms with Gasteiger partial charge in [0.2, 0.25) is 11.8 Å². The second-order valence-corrected chi connectivity index (χ2v) is 9.36. The minimum absolute atomic E-state index is 0.0170. The molecule has 1 atom stereocenters. The number of anilines is 1. The molecule has 0 bridgehead atoms. The molecule has 0 fully saturated rings. The standard InChI is InChI=1S/C25H35F2N5O2/c1-16(2)13-32(14-17(3)4)15-24(33)31-22(10-18-5-7-20(26)21(27)9-18)25(34)30-12-19-6-8-23(28)29-11-19/h5-9,11,16-17,22H,10,12-15H2,1-4H3,(H2,28,29)(H,30,34)(H,31,33). The van der Waals surface area contributed by atoms with E-state index in [-0.39, 0.29) is 25.4 Å². The van der Waals surface area contributed by atoms with Crippen LogP contribution in [0.25, 0.3) is 0 Å². The first-order chi connectivity index (χ1) is 16.0. The lowest BCUT2D eigenvalue weighted by Crippen LogP contribution is -2.51. The number of pyridine rings is 1. The van der Waals surface area contributed by atoms with E-state index in [0.29, 0.717) is 23.2 Å². The van der Waals surface area contributed by atoms with Crippen LogP contribution in [0.2, 0.25) is 0 Å². The molecule has 4 N–H and O–H groups in total. The van der Waals surface area contributed by atoms with Gasteiger partial charge in [-0.2, -0.15) is 0 Å². The Morgan fingerprint density at radius 3 is 2.21 bits per heavy atom. The second kappa shape index (κ2) is 13.0. The molecule has 0 radical (unpaired) electrons. The monoisotopic (exact) mass is 475 g/mol. The topological polar surface area (TPSA) is 100 Å². The summed E-state index contributed by atoms with van der Waals surface area (Å²) in [4.78, 5) is 31.9. The van der Waals surface area contributed by atoms with Gasteiger partial charge in [-0.3, -0.25) is 14.5 Å². The molecule has 7 nitrogen and oxygen atoms in total. The molecule has 0 saturated carbocycles. The molecule has 2 rings (SSSR count). The first kappa shape index (κ1) is 27.2. The van der Waals surface area contributed by atoms with Crippen molar-refractivity contribution in [3.8, 4) is 0 Å². The van der Waals surface area contributed by atoms with Gasteiger partial charge in [0, 0.05) is 32.3 Å². The summed E-state index contributed by atoms with van der Waals surface area (Å²) in [5, 5.41) is 5.55. The Labute approximate surface area is 200 Å². The first-order valence-electron chi connectivity index (χ1n) is 11.5. The highest BCUT2D eigenvalue weighted by Gasteiger charge is 2.23. The van der Waals surface area contributed by atoms with Crippen molar-refractivity contribution in [3.63, 3.8) is 0 Å². The van der Waals surface area contributed by atoms with Crippen LogP contribution in [0.5, 0.6) is 0 Å². The van der Waals surface area contributed by atoms with Crippen LogP contribution in [-0.4, -0.2) is 47.4 Å². The summed E-state index contributed by atoms with van der Waals surface area (Å²) >= 11 is 0. The van der Waals surface area contributed by atoms with E-state index >= 15 is 0 Å². The average Bonchev–Trinajstić information content (AvgIpc) is 2.74. The van der Waals surface area contributed by atoms with Gasteiger partial charge in [0.05, 0.1) is 6.54 Å². The van der Waals surface area contributed by atoms with Crippen molar-refractivity contribution in [1.82, 2.24) is 20.5 Å². The number of carbonyl (C=O) groups excluding carboxylic acids is 2. The predicted molar refractivity (Wildman–Crippen MR) is 129 cm³/mol. The predicted octanol–water partition coefficient (Wildman–Crippen LogP) is 2.90. The number of carbonyl (C=O) groups is 2. The third-order valence-corrected chi connectivity index (χ3v) is 5.00. The van der Waals surface area contributed by atoms with Gasteiger partial charge in [-0.15, -0.1) is 0 Å². The number of nitrogens with zero attached hydrogens (tertiary/aromatic N) is 2. The number of halogens is 2. The van der Waals surface area contributed by atoms with Crippen molar-refractivity contribution in [3.05, 3.63) is 59.3 Å². The molecule has 1 aromatic heterocycles. The van der Waals surface area contributed by atoms with Gasteiger partial charge < -0.3 is 16.4 Å². The summed E-state index contributed by atoms with van der Waals surface area (Å²) in [6.45, 7) is 10.1. The number of amides is 2. The van der Waals surface area contributed by atoms with Crippen LogP contribution >= 0.6 is 0 Å². The normalized spacial score (nSPS) is 12.3. The smallest absolute Gasteiger partial charge is 0.243 e. The Balaban J connectivity index is 2.12. The number of aromatic nitrogens is 1. The molecule has 2 aromatic rings. The summed E-state index contributed by atoms with van der Waals surface area (Å²) in [5.41, 5.74) is 6.72. The Bertz CT molecular complexity index is 941. The summed E-state index contributed by atoms with van der Waals surface area (Å²) < 4.78 is 27.1. The van der Waals surface area contributed by atoms with Gasteiger partial charge in [0.1, 0.15) is 11.9 Å². The SMILES string of the molecule is CC(C)CN(CC(=O)NC(Cc1ccc(F)c(F)c1)C(=O)NCc1ccc(N)nc1)CC(C)C. The maximum atomic E-state index is 13.7. The van der Waals surface area contributed by atoms with Gasteiger partial charge in [-0.25, -0.2) is 13.8 Å². The summed E-state index contributed by atoms with van der Waals surface area (Å²) in [6, 6.07) is 5.85. The van der Waals surface area contributed by atoms with Gasteiger partial charge in [-0.1, -0.05) is 39.8 Å². The molecule has 0 aliphatic rings. The number of nitrogens with one attached hydrogen (secondary N) is 2. The maximum absolute atomic E-state index is 13.7. The fraction of sp³-hybridized carbons (Fsp3) is 0.480. The molecular weight excluding hydrogens is 440 g/mol. The number of nitrogens with two attached hydrogens (primary N) is 1. The molecule has 2 amide bonds. The zero-order valence-corrected chi connectivity index (χ0v) is 20.3. The second-order valence-electron chi connectivity index (χ2n) is 9.36. The lowest BCUT2D eigenvalue weighted by Gasteiger charge is -2.26. The molecular formula is C25H35F2N5O2. The van der Waals surface area contributed by atoms with Crippen molar-refractivity contribution in [2.75, 3.05) is 25.4 Å². The number of nitrogen functional groups attached to an aromatic ring is 1. The number of benzene rings is 1. The van der Waals surface area contributed by atoms with E-state index in [0.717, 1.165) is 30.8 Å². The Hall–Kier alpha value is -3.07. The lowest BCUT2D eigenvalue weighted by atomic mass is 10.0. The van der Waals surface area contributed by atoms with Gasteiger partial charge in [0.25, 0.3) is 0 Å². The summed E-state index contributed by atoms with van der Waals surface area (Å²) in [7, 11) is 0. The molecule has 0 aliphatic carbocycles. The molecule has 0 saturated heterocycles. The number of hydrogen-bond acceptors (Lipinski definition) is 5. The Morgan fingerprint density at radius 1 is 1.00 bits per heavy atom. The maximum Gasteiger partial charge on any atom is 0.243 e. The van der Waals surface area contributed by atoms with E-state index in [4.69, 9.17) is 5.73 Å². The highest BCUT2D eigenvalue weighted by molar-refractivity contribution is 5.88. The van der Waals surface area contributed by atoms with Crippen molar-refractivity contribution in [2.24, 2.45) is 11.8 Å². The van der Waals surface area contributed by atoms with Crippen molar-refractivity contribution in [1.29, 1.82) is 0 Å². The van der Waals surface area contributed by atoms with Crippen LogP contribution in [0.4, 0.5) is 14.6 Å². The highest BCUT2D eigenvalue weighted by Crippen LogP contribution is 2.12. The molecule has 34 heavy (non-hydrogen) atoms. The van der Waals surface area contributed by atoms with Crippen LogP contribution in [0, 0.1) is 23.5 Å². The number of rotatable bonds is 12. The average molecular weight is 476 g/mol. The highest BCUT2D eigenvalue weighted by atomic mass is 19.2. The zero-order valence-electron chi connectivity index (χ0n) is 20.3. The molecule has 9 heteroatoms. The fourth-order valence-electron chi connectivity index (χ4n) is 3.64. The molecule has 0 aliphatic heterocycles. The van der Waals surface area contributed by atoms with E-state index in [1.807, 2.05) is 0 Å². The Morgan fingerprint density at radius 2 is 1.65 bits per heavy atom. The molecule has 186 valence electrons. The van der Waals surface area contributed by atoms with Gasteiger partial charge >= 0.3 is 0 Å². The molecule has 1 unspecified atom stereocenters. The first-order valence-corrected chi connectivity index (χ1v) is 11.5. The third-order valence-electron chi connectivity index (χ3n) is 5.00. The van der Waals surface area contributed by atoms with E-state index < -0.39 is 23.6 Å². The van der Waals surface area contributed by atoms with E-state index in [1.54, 1.807) is 18.3 Å². The van der Waals surface area contributed by atoms with Crippen LogP contribution in [0.1, 0.15) is 38.8 Å². The fourth-order valence-corrected chi connectivity index (χ4v) is 3.64. The number of hydrogen-bond donors (Lipinski definition) is 3. The zero-order chi connectivity index (χ0) is 25.3. The minimum Gasteiger partial charge on any atom is -0.384 e. The largest absolute Gasteiger partial charge is 0.384 e.